The van der Waals surface area contributed by atoms with Crippen molar-refractivity contribution in [3.8, 4) is 11.5 Å². The Kier molecular flexibility index (Phi) is 3.98. The second-order valence-electron chi connectivity index (χ2n) is 2.98. The molecule has 18 heavy (non-hydrogen) atoms. The summed E-state index contributed by atoms with van der Waals surface area (Å²) in [6, 6.07) is 5.12. The summed E-state index contributed by atoms with van der Waals surface area (Å²) < 4.78 is 9.08. The van der Waals surface area contributed by atoms with Crippen LogP contribution in [0.3, 0.4) is 0 Å². The molecule has 0 aliphatic heterocycles. The topological polar surface area (TPSA) is 139 Å². The molecule has 0 radical (unpaired) electrons. The van der Waals surface area contributed by atoms with Crippen LogP contribution in [-0.2, 0) is 19.2 Å². The number of hydrogen-bond acceptors (Lipinski definition) is 6. The van der Waals surface area contributed by atoms with E-state index >= 15 is 0 Å². The first kappa shape index (κ1) is 13.2. The van der Waals surface area contributed by atoms with Gasteiger partial charge in [0.25, 0.3) is 0 Å². The highest BCUT2D eigenvalue weighted by Gasteiger charge is 2.14. The molecule has 0 aromatic heterocycles. The second-order valence-corrected chi connectivity index (χ2v) is 2.98. The van der Waals surface area contributed by atoms with Crippen LogP contribution < -0.4 is 20.9 Å². The van der Waals surface area contributed by atoms with Gasteiger partial charge in [-0.3, -0.25) is 9.59 Å². The van der Waals surface area contributed by atoms with Gasteiger partial charge in [0.15, 0.2) is 0 Å². The third-order valence-electron chi connectivity index (χ3n) is 1.63. The van der Waals surface area contributed by atoms with Crippen LogP contribution in [0.4, 0.5) is 0 Å². The predicted molar refractivity (Wildman–Crippen MR) is 56.1 cm³/mol. The number of benzene rings is 1. The summed E-state index contributed by atoms with van der Waals surface area (Å²) in [5.74, 6) is -5.23. The summed E-state index contributed by atoms with van der Waals surface area (Å²) in [5, 5.41) is 0. The van der Waals surface area contributed by atoms with Gasteiger partial charge >= 0.3 is 23.8 Å². The molecule has 0 saturated carbocycles. The SMILES string of the molecule is NC(=O)C(=O)Oc1cccc(OC(=O)C(N)=O)c1. The van der Waals surface area contributed by atoms with E-state index in [0.717, 1.165) is 6.07 Å². The van der Waals surface area contributed by atoms with Crippen molar-refractivity contribution < 1.29 is 28.7 Å². The molecule has 0 bridgehead atoms. The summed E-state index contributed by atoms with van der Waals surface area (Å²) in [4.78, 5) is 42.7. The van der Waals surface area contributed by atoms with E-state index in [-0.39, 0.29) is 11.5 Å². The zero-order valence-electron chi connectivity index (χ0n) is 8.91. The van der Waals surface area contributed by atoms with Crippen LogP contribution in [0.15, 0.2) is 24.3 Å². The molecule has 0 aliphatic carbocycles. The Morgan fingerprint density at radius 3 is 1.56 bits per heavy atom. The third-order valence-corrected chi connectivity index (χ3v) is 1.63. The lowest BCUT2D eigenvalue weighted by atomic mass is 10.3. The first-order valence-electron chi connectivity index (χ1n) is 4.53. The van der Waals surface area contributed by atoms with Crippen molar-refractivity contribution in [1.29, 1.82) is 0 Å². The lowest BCUT2D eigenvalue weighted by molar-refractivity contribution is -0.146. The van der Waals surface area contributed by atoms with Crippen LogP contribution in [0, 0.1) is 0 Å². The van der Waals surface area contributed by atoms with Crippen molar-refractivity contribution in [2.75, 3.05) is 0 Å². The monoisotopic (exact) mass is 252 g/mol. The molecule has 4 N–H and O–H groups in total. The fourth-order valence-electron chi connectivity index (χ4n) is 0.916. The van der Waals surface area contributed by atoms with Crippen molar-refractivity contribution in [3.05, 3.63) is 24.3 Å². The van der Waals surface area contributed by atoms with Crippen molar-refractivity contribution in [2.45, 2.75) is 0 Å². The maximum absolute atomic E-state index is 10.9. The van der Waals surface area contributed by atoms with Crippen molar-refractivity contribution >= 4 is 23.8 Å². The van der Waals surface area contributed by atoms with Gasteiger partial charge in [-0.25, -0.2) is 9.59 Å². The standard InChI is InChI=1S/C10H8N2O6/c11-7(13)9(15)17-5-2-1-3-6(4-5)18-10(16)8(12)14/h1-4H,(H2,11,13)(H2,12,14). The zero-order valence-corrected chi connectivity index (χ0v) is 8.91. The van der Waals surface area contributed by atoms with Gasteiger partial charge in [-0.05, 0) is 12.1 Å². The molecular formula is C10H8N2O6. The van der Waals surface area contributed by atoms with Gasteiger partial charge in [-0.2, -0.15) is 0 Å². The Balaban J connectivity index is 2.80. The first-order chi connectivity index (χ1) is 8.40. The van der Waals surface area contributed by atoms with Gasteiger partial charge in [-0.15, -0.1) is 0 Å². The number of esters is 2. The number of ether oxygens (including phenoxy) is 2. The molecule has 94 valence electrons. The predicted octanol–water partition coefficient (Wildman–Crippen LogP) is -1.53. The van der Waals surface area contributed by atoms with Gasteiger partial charge in [0, 0.05) is 6.07 Å². The number of carbonyl (C=O) groups excluding carboxylic acids is 4. The molecule has 8 nitrogen and oxygen atoms in total. The second kappa shape index (κ2) is 5.43. The van der Waals surface area contributed by atoms with E-state index in [2.05, 4.69) is 20.9 Å². The number of hydrogen-bond donors (Lipinski definition) is 2. The summed E-state index contributed by atoms with van der Waals surface area (Å²) in [6.45, 7) is 0. The molecule has 0 spiro atoms. The molecule has 0 saturated heterocycles. The van der Waals surface area contributed by atoms with Crippen molar-refractivity contribution in [1.82, 2.24) is 0 Å². The molecule has 2 amide bonds. The van der Waals surface area contributed by atoms with Gasteiger partial charge in [0.05, 0.1) is 0 Å². The lowest BCUT2D eigenvalue weighted by Gasteiger charge is -2.04. The van der Waals surface area contributed by atoms with Crippen LogP contribution in [0.25, 0.3) is 0 Å². The summed E-state index contributed by atoms with van der Waals surface area (Å²) in [6.07, 6.45) is 0. The Hall–Kier alpha value is -2.90. The average molecular weight is 252 g/mol. The Bertz CT molecular complexity index is 482. The Labute approximate surface area is 100 Å². The van der Waals surface area contributed by atoms with E-state index in [9.17, 15) is 19.2 Å². The van der Waals surface area contributed by atoms with E-state index in [1.54, 1.807) is 0 Å². The molecule has 0 aliphatic rings. The number of rotatable bonds is 2. The van der Waals surface area contributed by atoms with Crippen LogP contribution in [0.1, 0.15) is 0 Å². The molecular weight excluding hydrogens is 244 g/mol. The normalized spacial score (nSPS) is 9.33. The highest BCUT2D eigenvalue weighted by Crippen LogP contribution is 2.19. The number of carbonyl (C=O) groups is 4. The molecule has 0 heterocycles. The highest BCUT2D eigenvalue weighted by atomic mass is 16.6. The van der Waals surface area contributed by atoms with Crippen molar-refractivity contribution in [3.63, 3.8) is 0 Å². The van der Waals surface area contributed by atoms with Gasteiger partial charge in [0.2, 0.25) is 0 Å². The van der Waals surface area contributed by atoms with Crippen LogP contribution in [0.5, 0.6) is 11.5 Å². The molecule has 1 aromatic rings. The molecule has 8 heteroatoms. The zero-order chi connectivity index (χ0) is 13.7. The molecule has 0 atom stereocenters. The minimum atomic E-state index is -1.27. The van der Waals surface area contributed by atoms with E-state index in [1.165, 1.54) is 18.2 Å². The Morgan fingerprint density at radius 1 is 0.833 bits per heavy atom. The van der Waals surface area contributed by atoms with Crippen LogP contribution in [0.2, 0.25) is 0 Å². The average Bonchev–Trinajstić information content (AvgIpc) is 2.29. The lowest BCUT2D eigenvalue weighted by Crippen LogP contribution is -2.28. The summed E-state index contributed by atoms with van der Waals surface area (Å²) in [5.41, 5.74) is 9.36. The van der Waals surface area contributed by atoms with Gasteiger partial charge in [0.1, 0.15) is 11.5 Å². The molecule has 0 fully saturated rings. The first-order valence-corrected chi connectivity index (χ1v) is 4.53. The maximum atomic E-state index is 10.9. The highest BCUT2D eigenvalue weighted by molar-refractivity contribution is 6.32. The summed E-state index contributed by atoms with van der Waals surface area (Å²) in [7, 11) is 0. The fraction of sp³-hybridized carbons (Fsp3) is 0. The van der Waals surface area contributed by atoms with E-state index in [1.807, 2.05) is 0 Å². The molecule has 0 unspecified atom stereocenters. The van der Waals surface area contributed by atoms with Crippen LogP contribution in [-0.4, -0.2) is 23.8 Å². The maximum Gasteiger partial charge on any atom is 0.401 e. The van der Waals surface area contributed by atoms with E-state index in [0.29, 0.717) is 0 Å². The van der Waals surface area contributed by atoms with Gasteiger partial charge < -0.3 is 20.9 Å². The van der Waals surface area contributed by atoms with Crippen LogP contribution >= 0.6 is 0 Å². The van der Waals surface area contributed by atoms with Gasteiger partial charge in [-0.1, -0.05) is 6.07 Å². The third kappa shape index (κ3) is 3.59. The Morgan fingerprint density at radius 2 is 1.22 bits per heavy atom. The number of nitrogens with two attached hydrogens (primary N) is 2. The molecule has 1 aromatic carbocycles. The quantitative estimate of drug-likeness (QED) is 0.372. The largest absolute Gasteiger partial charge is 0.419 e. The minimum absolute atomic E-state index is 0.0754. The number of primary amides is 2. The smallest absolute Gasteiger partial charge is 0.401 e. The fourth-order valence-corrected chi connectivity index (χ4v) is 0.916. The minimum Gasteiger partial charge on any atom is -0.419 e. The summed E-state index contributed by atoms with van der Waals surface area (Å²) >= 11 is 0. The number of amides is 2. The molecule has 1 rings (SSSR count). The van der Waals surface area contributed by atoms with Crippen molar-refractivity contribution in [2.24, 2.45) is 11.5 Å². The van der Waals surface area contributed by atoms with E-state index < -0.39 is 23.8 Å². The van der Waals surface area contributed by atoms with E-state index in [4.69, 9.17) is 0 Å².